The van der Waals surface area contributed by atoms with E-state index in [9.17, 15) is 4.79 Å². The van der Waals surface area contributed by atoms with Crippen LogP contribution in [0.2, 0.25) is 5.02 Å². The van der Waals surface area contributed by atoms with Gasteiger partial charge in [0, 0.05) is 18.0 Å². The zero-order valence-corrected chi connectivity index (χ0v) is 14.3. The van der Waals surface area contributed by atoms with Crippen molar-refractivity contribution < 1.29 is 4.79 Å². The molecule has 0 aliphatic rings. The van der Waals surface area contributed by atoms with E-state index in [1.54, 1.807) is 0 Å². The third kappa shape index (κ3) is 4.87. The second-order valence-electron chi connectivity index (χ2n) is 5.67. The first kappa shape index (κ1) is 17.1. The van der Waals surface area contributed by atoms with Crippen LogP contribution in [0, 0.1) is 0 Å². The van der Waals surface area contributed by atoms with Crippen molar-refractivity contribution in [1.29, 1.82) is 0 Å². The molecule has 0 aliphatic carbocycles. The van der Waals surface area contributed by atoms with Crippen molar-refractivity contribution in [1.82, 2.24) is 25.5 Å². The number of halogens is 1. The maximum Gasteiger partial charge on any atom is 0.245 e. The van der Waals surface area contributed by atoms with Crippen molar-refractivity contribution in [2.45, 2.75) is 18.9 Å². The minimum Gasteiger partial charge on any atom is -0.354 e. The van der Waals surface area contributed by atoms with Gasteiger partial charge in [-0.2, -0.15) is 0 Å². The molecule has 1 aromatic heterocycles. The quantitative estimate of drug-likeness (QED) is 0.706. The van der Waals surface area contributed by atoms with Crippen LogP contribution in [0.5, 0.6) is 0 Å². The fraction of sp³-hybridized carbons (Fsp3) is 0.222. The van der Waals surface area contributed by atoms with E-state index < -0.39 is 6.04 Å². The first-order chi connectivity index (χ1) is 12.2. The second-order valence-corrected chi connectivity index (χ2v) is 6.10. The van der Waals surface area contributed by atoms with Crippen LogP contribution >= 0.6 is 11.6 Å². The molecule has 0 spiro atoms. The van der Waals surface area contributed by atoms with Crippen molar-refractivity contribution in [2.75, 3.05) is 6.54 Å². The minimum absolute atomic E-state index is 0.113. The zero-order chi connectivity index (χ0) is 17.5. The lowest BCUT2D eigenvalue weighted by atomic mass is 10.1. The van der Waals surface area contributed by atoms with Crippen LogP contribution in [0.4, 0.5) is 0 Å². The summed E-state index contributed by atoms with van der Waals surface area (Å²) in [7, 11) is 0. The highest BCUT2D eigenvalue weighted by Crippen LogP contribution is 2.14. The average molecular weight is 356 g/mol. The van der Waals surface area contributed by atoms with Crippen LogP contribution in [0.3, 0.4) is 0 Å². The lowest BCUT2D eigenvalue weighted by molar-refractivity contribution is -0.124. The highest BCUT2D eigenvalue weighted by atomic mass is 35.5. The van der Waals surface area contributed by atoms with Crippen LogP contribution in [-0.2, 0) is 17.6 Å². The summed E-state index contributed by atoms with van der Waals surface area (Å²) in [5, 5.41) is 14.8. The number of aromatic nitrogens is 4. The Morgan fingerprint density at radius 2 is 1.92 bits per heavy atom. The van der Waals surface area contributed by atoms with Gasteiger partial charge in [0.25, 0.3) is 0 Å². The van der Waals surface area contributed by atoms with Gasteiger partial charge in [-0.05, 0) is 40.1 Å². The Labute approximate surface area is 150 Å². The lowest BCUT2D eigenvalue weighted by Crippen LogP contribution is -2.35. The van der Waals surface area contributed by atoms with Gasteiger partial charge in [-0.3, -0.25) is 4.79 Å². The Morgan fingerprint density at radius 3 is 2.64 bits per heavy atom. The van der Waals surface area contributed by atoms with Crippen LogP contribution in [0.15, 0.2) is 60.9 Å². The summed E-state index contributed by atoms with van der Waals surface area (Å²) in [5.41, 5.74) is 2.13. The van der Waals surface area contributed by atoms with E-state index in [2.05, 4.69) is 20.8 Å². The smallest absolute Gasteiger partial charge is 0.245 e. The topological polar surface area (TPSA) is 72.7 Å². The Morgan fingerprint density at radius 1 is 1.12 bits per heavy atom. The van der Waals surface area contributed by atoms with Gasteiger partial charge in [0.15, 0.2) is 0 Å². The number of nitrogens with zero attached hydrogens (tertiary/aromatic N) is 4. The molecule has 1 N–H and O–H groups in total. The van der Waals surface area contributed by atoms with Crippen LogP contribution < -0.4 is 5.32 Å². The van der Waals surface area contributed by atoms with E-state index in [4.69, 9.17) is 11.6 Å². The number of amides is 1. The van der Waals surface area contributed by atoms with E-state index in [-0.39, 0.29) is 5.91 Å². The number of hydrogen-bond donors (Lipinski definition) is 1. The molecule has 2 aromatic carbocycles. The summed E-state index contributed by atoms with van der Waals surface area (Å²) in [5.74, 6) is -0.113. The first-order valence-electron chi connectivity index (χ1n) is 8.01. The van der Waals surface area contributed by atoms with Crippen LogP contribution in [0.1, 0.15) is 17.2 Å². The van der Waals surface area contributed by atoms with Gasteiger partial charge in [-0.15, -0.1) is 5.10 Å². The molecule has 1 heterocycles. The molecule has 0 radical (unpaired) electrons. The van der Waals surface area contributed by atoms with E-state index in [0.29, 0.717) is 24.4 Å². The van der Waals surface area contributed by atoms with Gasteiger partial charge >= 0.3 is 0 Å². The number of carbonyl (C=O) groups is 1. The summed E-state index contributed by atoms with van der Waals surface area (Å²) in [6.07, 6.45) is 2.69. The second kappa shape index (κ2) is 8.39. The van der Waals surface area contributed by atoms with Gasteiger partial charge in [-0.25, -0.2) is 4.68 Å². The van der Waals surface area contributed by atoms with E-state index in [1.165, 1.54) is 11.0 Å². The monoisotopic (exact) mass is 355 g/mol. The third-order valence-corrected chi connectivity index (χ3v) is 4.10. The summed E-state index contributed by atoms with van der Waals surface area (Å²) in [4.78, 5) is 12.6. The summed E-state index contributed by atoms with van der Waals surface area (Å²) in [6.45, 7) is 0.520. The highest BCUT2D eigenvalue weighted by Gasteiger charge is 2.21. The molecule has 128 valence electrons. The number of rotatable bonds is 7. The summed E-state index contributed by atoms with van der Waals surface area (Å²) in [6, 6.07) is 16.9. The SMILES string of the molecule is O=C(NCCc1cccc(Cl)c1)C(Cc1ccccc1)n1cnnn1. The normalized spacial score (nSPS) is 11.9. The van der Waals surface area contributed by atoms with Gasteiger partial charge in [0.1, 0.15) is 12.4 Å². The standard InChI is InChI=1S/C18H18ClN5O/c19-16-8-4-7-15(11-16)9-10-20-18(25)17(24-13-21-22-23-24)12-14-5-2-1-3-6-14/h1-8,11,13,17H,9-10,12H2,(H,20,25). The maximum atomic E-state index is 12.6. The van der Waals surface area contributed by atoms with Crippen LogP contribution in [0.25, 0.3) is 0 Å². The minimum atomic E-state index is -0.489. The van der Waals surface area contributed by atoms with Crippen molar-refractivity contribution in [3.8, 4) is 0 Å². The van der Waals surface area contributed by atoms with Crippen LogP contribution in [-0.4, -0.2) is 32.7 Å². The van der Waals surface area contributed by atoms with E-state index >= 15 is 0 Å². The fourth-order valence-corrected chi connectivity index (χ4v) is 2.81. The molecular formula is C18H18ClN5O. The van der Waals surface area contributed by atoms with E-state index in [1.807, 2.05) is 54.6 Å². The summed E-state index contributed by atoms with van der Waals surface area (Å²) >= 11 is 5.98. The Balaban J connectivity index is 1.63. The molecule has 3 rings (SSSR count). The zero-order valence-electron chi connectivity index (χ0n) is 13.5. The predicted octanol–water partition coefficient (Wildman–Crippen LogP) is 2.47. The van der Waals surface area contributed by atoms with Gasteiger partial charge in [-0.1, -0.05) is 54.1 Å². The number of carbonyl (C=O) groups excluding carboxylic acids is 1. The average Bonchev–Trinajstić information content (AvgIpc) is 3.15. The van der Waals surface area contributed by atoms with Gasteiger partial charge < -0.3 is 5.32 Å². The molecule has 0 saturated carbocycles. The number of benzene rings is 2. The third-order valence-electron chi connectivity index (χ3n) is 3.86. The largest absolute Gasteiger partial charge is 0.354 e. The fourth-order valence-electron chi connectivity index (χ4n) is 2.60. The number of hydrogen-bond acceptors (Lipinski definition) is 4. The first-order valence-corrected chi connectivity index (χ1v) is 8.39. The Hall–Kier alpha value is -2.73. The van der Waals surface area contributed by atoms with Crippen molar-refractivity contribution in [3.05, 3.63) is 77.1 Å². The molecule has 1 amide bonds. The lowest BCUT2D eigenvalue weighted by Gasteiger charge is -2.16. The number of tetrazole rings is 1. The van der Waals surface area contributed by atoms with Gasteiger partial charge in [0.05, 0.1) is 0 Å². The maximum absolute atomic E-state index is 12.6. The van der Waals surface area contributed by atoms with Crippen molar-refractivity contribution in [2.24, 2.45) is 0 Å². The predicted molar refractivity (Wildman–Crippen MR) is 95.2 cm³/mol. The Bertz CT molecular complexity index is 807. The molecule has 0 bridgehead atoms. The molecular weight excluding hydrogens is 338 g/mol. The number of nitrogens with one attached hydrogen (secondary N) is 1. The molecule has 1 atom stereocenters. The molecule has 1 unspecified atom stereocenters. The molecule has 7 heteroatoms. The molecule has 3 aromatic rings. The van der Waals surface area contributed by atoms with Gasteiger partial charge in [0.2, 0.25) is 5.91 Å². The highest BCUT2D eigenvalue weighted by molar-refractivity contribution is 6.30. The molecule has 0 aliphatic heterocycles. The van der Waals surface area contributed by atoms with Crippen molar-refractivity contribution in [3.63, 3.8) is 0 Å². The summed E-state index contributed by atoms with van der Waals surface area (Å²) < 4.78 is 1.49. The molecule has 0 fully saturated rings. The molecule has 6 nitrogen and oxygen atoms in total. The Kier molecular flexibility index (Phi) is 5.74. The van der Waals surface area contributed by atoms with E-state index in [0.717, 1.165) is 11.1 Å². The van der Waals surface area contributed by atoms with Crippen molar-refractivity contribution >= 4 is 17.5 Å². The molecule has 0 saturated heterocycles. The molecule has 25 heavy (non-hydrogen) atoms.